The molecule has 0 spiro atoms. The normalized spacial score (nSPS) is 13.5. The molecule has 27 heavy (non-hydrogen) atoms. The second-order valence-electron chi connectivity index (χ2n) is 8.03. The minimum atomic E-state index is -0.149. The third-order valence-corrected chi connectivity index (χ3v) is 5.36. The maximum Gasteiger partial charge on any atom is 0.305 e. The van der Waals surface area contributed by atoms with Gasteiger partial charge in [-0.2, -0.15) is 0 Å². The van der Waals surface area contributed by atoms with Crippen molar-refractivity contribution in [3.63, 3.8) is 0 Å². The number of hydrogen-bond acceptors (Lipinski definition) is 4. The van der Waals surface area contributed by atoms with Crippen LogP contribution in [0.4, 0.5) is 0 Å². The lowest BCUT2D eigenvalue weighted by Crippen LogP contribution is -2.07. The highest BCUT2D eigenvalue weighted by molar-refractivity contribution is 5.68. The lowest BCUT2D eigenvalue weighted by molar-refractivity contribution is -0.140. The van der Waals surface area contributed by atoms with Gasteiger partial charge in [-0.05, 0) is 32.1 Å². The van der Waals surface area contributed by atoms with Crippen LogP contribution < -0.4 is 0 Å². The van der Waals surface area contributed by atoms with E-state index in [2.05, 4.69) is 11.7 Å². The van der Waals surface area contributed by atoms with Gasteiger partial charge in [-0.15, -0.1) is 0 Å². The van der Waals surface area contributed by atoms with Crippen LogP contribution in [0.15, 0.2) is 0 Å². The van der Waals surface area contributed by atoms with E-state index < -0.39 is 0 Å². The highest BCUT2D eigenvalue weighted by Crippen LogP contribution is 2.15. The van der Waals surface area contributed by atoms with E-state index in [9.17, 15) is 15.0 Å². The van der Waals surface area contributed by atoms with Crippen molar-refractivity contribution in [3.8, 4) is 0 Å². The fourth-order valence-corrected chi connectivity index (χ4v) is 3.49. The molecule has 0 saturated carbocycles. The fourth-order valence-electron chi connectivity index (χ4n) is 3.49. The second kappa shape index (κ2) is 20.1. The Morgan fingerprint density at radius 3 is 1.44 bits per heavy atom. The minimum absolute atomic E-state index is 0.109. The molecule has 1 unspecified atom stereocenters. The van der Waals surface area contributed by atoms with Crippen molar-refractivity contribution in [2.24, 2.45) is 0 Å². The van der Waals surface area contributed by atoms with Crippen LogP contribution in [0.2, 0.25) is 0 Å². The summed E-state index contributed by atoms with van der Waals surface area (Å²) in [4.78, 5) is 11.0. The molecule has 0 amide bonds. The van der Waals surface area contributed by atoms with Crippen LogP contribution in [0.5, 0.6) is 0 Å². The van der Waals surface area contributed by atoms with E-state index in [1.54, 1.807) is 0 Å². The van der Waals surface area contributed by atoms with Gasteiger partial charge >= 0.3 is 5.97 Å². The molecule has 2 N–H and O–H groups in total. The Kier molecular flexibility index (Phi) is 19.7. The molecule has 0 aliphatic heterocycles. The molecule has 0 aliphatic carbocycles. The third-order valence-electron chi connectivity index (χ3n) is 5.36. The summed E-state index contributed by atoms with van der Waals surface area (Å²) in [5.74, 6) is -0.110. The summed E-state index contributed by atoms with van der Waals surface area (Å²) in [6.45, 7) is 2.19. The molecule has 4 heteroatoms. The first-order valence-electron chi connectivity index (χ1n) is 11.5. The Morgan fingerprint density at radius 1 is 0.667 bits per heavy atom. The van der Waals surface area contributed by atoms with Crippen molar-refractivity contribution in [2.45, 2.75) is 135 Å². The predicted octanol–water partition coefficient (Wildman–Crippen LogP) is 5.92. The molecule has 0 aliphatic rings. The summed E-state index contributed by atoms with van der Waals surface area (Å²) in [6.07, 6.45) is 18.8. The first-order chi connectivity index (χ1) is 13.1. The largest absolute Gasteiger partial charge is 0.469 e. The van der Waals surface area contributed by atoms with Gasteiger partial charge in [0, 0.05) is 6.42 Å². The third kappa shape index (κ3) is 19.9. The zero-order valence-electron chi connectivity index (χ0n) is 18.1. The highest BCUT2D eigenvalue weighted by atomic mass is 16.5. The van der Waals surface area contributed by atoms with Gasteiger partial charge in [0.25, 0.3) is 0 Å². The molecular weight excluding hydrogens is 340 g/mol. The zero-order valence-corrected chi connectivity index (χ0v) is 18.1. The number of hydrogen-bond donors (Lipinski definition) is 2. The van der Waals surface area contributed by atoms with Gasteiger partial charge in [-0.3, -0.25) is 4.79 Å². The van der Waals surface area contributed by atoms with Gasteiger partial charge in [0.1, 0.15) is 0 Å². The number of aliphatic hydroxyl groups is 2. The Morgan fingerprint density at radius 2 is 1.04 bits per heavy atom. The Bertz CT molecular complexity index is 320. The molecule has 162 valence electrons. The second-order valence-corrected chi connectivity index (χ2v) is 8.03. The van der Waals surface area contributed by atoms with E-state index >= 15 is 0 Å². The van der Waals surface area contributed by atoms with Gasteiger partial charge in [0.15, 0.2) is 0 Å². The molecule has 4 nitrogen and oxygen atoms in total. The smallest absolute Gasteiger partial charge is 0.305 e. The molecule has 2 atom stereocenters. The molecule has 0 aromatic rings. The van der Waals surface area contributed by atoms with Crippen LogP contribution in [0.1, 0.15) is 122 Å². The van der Waals surface area contributed by atoms with Crippen LogP contribution >= 0.6 is 0 Å². The number of carbonyl (C=O) groups is 1. The number of unbranched alkanes of at least 4 members (excludes halogenated alkanes) is 10. The standard InChI is InChI=1S/C23H46O4/c1-3-4-11-16-21(24)18-13-9-10-14-19-22(25)17-12-7-5-6-8-15-20-23(26)27-2/h21-22,24-25H,3-20H2,1-2H3/t21-,22?/m0/s1. The molecule has 0 fully saturated rings. The first-order valence-corrected chi connectivity index (χ1v) is 11.5. The molecule has 0 rings (SSSR count). The summed E-state index contributed by atoms with van der Waals surface area (Å²) in [6, 6.07) is 0. The van der Waals surface area contributed by atoms with Crippen LogP contribution in [-0.2, 0) is 9.53 Å². The zero-order chi connectivity index (χ0) is 20.2. The van der Waals surface area contributed by atoms with E-state index in [1.807, 2.05) is 0 Å². The predicted molar refractivity (Wildman–Crippen MR) is 113 cm³/mol. The van der Waals surface area contributed by atoms with Crippen LogP contribution in [0.25, 0.3) is 0 Å². The molecule has 0 saturated heterocycles. The Labute approximate surface area is 168 Å². The number of aliphatic hydroxyl groups excluding tert-OH is 2. The first kappa shape index (κ1) is 26.4. The monoisotopic (exact) mass is 386 g/mol. The summed E-state index contributed by atoms with van der Waals surface area (Å²) in [5, 5.41) is 19.9. The number of rotatable bonds is 20. The van der Waals surface area contributed by atoms with Crippen LogP contribution in [-0.4, -0.2) is 35.5 Å². The lowest BCUT2D eigenvalue weighted by atomic mass is 10.0. The molecule has 0 bridgehead atoms. The summed E-state index contributed by atoms with van der Waals surface area (Å²) >= 11 is 0. The average molecular weight is 387 g/mol. The Hall–Kier alpha value is -0.610. The van der Waals surface area contributed by atoms with E-state index in [0.717, 1.165) is 70.6 Å². The van der Waals surface area contributed by atoms with Gasteiger partial charge in [0.2, 0.25) is 0 Å². The van der Waals surface area contributed by atoms with Crippen molar-refractivity contribution in [1.82, 2.24) is 0 Å². The van der Waals surface area contributed by atoms with Gasteiger partial charge in [0.05, 0.1) is 19.3 Å². The van der Waals surface area contributed by atoms with Crippen LogP contribution in [0, 0.1) is 0 Å². The van der Waals surface area contributed by atoms with Crippen molar-refractivity contribution < 1.29 is 19.7 Å². The van der Waals surface area contributed by atoms with E-state index in [4.69, 9.17) is 0 Å². The maximum atomic E-state index is 11.0. The lowest BCUT2D eigenvalue weighted by Gasteiger charge is -2.11. The summed E-state index contributed by atoms with van der Waals surface area (Å²) < 4.78 is 4.63. The van der Waals surface area contributed by atoms with Gasteiger partial charge in [-0.25, -0.2) is 0 Å². The molecule has 0 aromatic heterocycles. The van der Waals surface area contributed by atoms with E-state index in [1.165, 1.54) is 45.6 Å². The SMILES string of the molecule is CCCCC[C@H](O)CCCCCCC(O)CCCCCCCCC(=O)OC. The van der Waals surface area contributed by atoms with E-state index in [0.29, 0.717) is 6.42 Å². The summed E-state index contributed by atoms with van der Waals surface area (Å²) in [5.41, 5.74) is 0. The number of esters is 1. The molecule has 0 aromatic carbocycles. The van der Waals surface area contributed by atoms with E-state index in [-0.39, 0.29) is 18.2 Å². The van der Waals surface area contributed by atoms with Gasteiger partial charge in [-0.1, -0.05) is 84.0 Å². The number of methoxy groups -OCH3 is 1. The fraction of sp³-hybridized carbons (Fsp3) is 0.957. The highest BCUT2D eigenvalue weighted by Gasteiger charge is 2.06. The molecule has 0 heterocycles. The molecule has 0 radical (unpaired) electrons. The topological polar surface area (TPSA) is 66.8 Å². The van der Waals surface area contributed by atoms with Gasteiger partial charge < -0.3 is 14.9 Å². The van der Waals surface area contributed by atoms with Crippen molar-refractivity contribution >= 4 is 5.97 Å². The van der Waals surface area contributed by atoms with Crippen LogP contribution in [0.3, 0.4) is 0 Å². The maximum absolute atomic E-state index is 11.0. The van der Waals surface area contributed by atoms with Crippen molar-refractivity contribution in [1.29, 1.82) is 0 Å². The number of ether oxygens (including phenoxy) is 1. The average Bonchev–Trinajstić information content (AvgIpc) is 2.66. The van der Waals surface area contributed by atoms with Crippen molar-refractivity contribution in [3.05, 3.63) is 0 Å². The number of carbonyl (C=O) groups excluding carboxylic acids is 1. The summed E-state index contributed by atoms with van der Waals surface area (Å²) in [7, 11) is 1.44. The quantitative estimate of drug-likeness (QED) is 0.201. The van der Waals surface area contributed by atoms with Crippen molar-refractivity contribution in [2.75, 3.05) is 7.11 Å². The molecular formula is C23H46O4. The Balaban J connectivity index is 3.28. The minimum Gasteiger partial charge on any atom is -0.469 e.